The minimum atomic E-state index is -4.05. The summed E-state index contributed by atoms with van der Waals surface area (Å²) in [6.07, 6.45) is 1.41. The van der Waals surface area contributed by atoms with Gasteiger partial charge in [0.2, 0.25) is 0 Å². The molecule has 1 N–H and O–H groups in total. The number of thiophene rings is 1. The molecule has 11 heteroatoms. The van der Waals surface area contributed by atoms with E-state index in [4.69, 9.17) is 23.2 Å². The lowest BCUT2D eigenvalue weighted by atomic mass is 10.1. The molecule has 0 radical (unpaired) electrons. The highest BCUT2D eigenvalue weighted by Gasteiger charge is 2.20. The molecule has 0 saturated carbocycles. The molecule has 2 aromatic carbocycles. The monoisotopic (exact) mass is 596 g/mol. The van der Waals surface area contributed by atoms with Crippen LogP contribution in [-0.2, 0) is 16.6 Å². The highest BCUT2D eigenvalue weighted by Crippen LogP contribution is 2.34. The number of carbonyl (C=O) groups is 1. The summed E-state index contributed by atoms with van der Waals surface area (Å²) in [7, 11) is -4.05. The Balaban J connectivity index is 1.42. The van der Waals surface area contributed by atoms with Gasteiger partial charge in [0.25, 0.3) is 15.9 Å². The molecule has 0 unspecified atom stereocenters. The lowest BCUT2D eigenvalue weighted by Crippen LogP contribution is -2.29. The first-order valence-corrected chi connectivity index (χ1v) is 14.9. The number of hydrogen-bond donors (Lipinski definition) is 1. The quantitative estimate of drug-likeness (QED) is 0.221. The first-order valence-electron chi connectivity index (χ1n) is 11.8. The Morgan fingerprint density at radius 3 is 2.49 bits per heavy atom. The number of pyridine rings is 1. The maximum atomic E-state index is 12.9. The van der Waals surface area contributed by atoms with Gasteiger partial charge in [-0.3, -0.25) is 4.79 Å². The molecule has 0 fully saturated rings. The Bertz CT molecular complexity index is 1850. The van der Waals surface area contributed by atoms with Crippen LogP contribution in [0.1, 0.15) is 33.0 Å². The van der Waals surface area contributed by atoms with E-state index < -0.39 is 15.9 Å². The molecule has 5 aromatic rings. The van der Waals surface area contributed by atoms with Crippen molar-refractivity contribution in [3.8, 4) is 10.4 Å². The average Bonchev–Trinajstić information content (AvgIpc) is 3.47. The fraction of sp³-hybridized carbons (Fsp3) is 0.107. The fourth-order valence-electron chi connectivity index (χ4n) is 4.07. The first kappa shape index (κ1) is 27.1. The molecule has 0 aliphatic rings. The summed E-state index contributed by atoms with van der Waals surface area (Å²) in [4.78, 5) is 23.1. The van der Waals surface area contributed by atoms with Crippen LogP contribution in [0.5, 0.6) is 0 Å². The summed E-state index contributed by atoms with van der Waals surface area (Å²) in [6, 6.07) is 20.0. The predicted molar refractivity (Wildman–Crippen MR) is 158 cm³/mol. The lowest BCUT2D eigenvalue weighted by molar-refractivity contribution is 0.0977. The Labute approximate surface area is 239 Å². The van der Waals surface area contributed by atoms with E-state index in [2.05, 4.69) is 14.7 Å². The number of sulfonamides is 1. The van der Waals surface area contributed by atoms with E-state index in [1.54, 1.807) is 31.2 Å². The molecule has 0 aliphatic heterocycles. The molecule has 1 amide bonds. The molecule has 0 saturated heterocycles. The molecule has 3 aromatic heterocycles. The molecule has 7 nitrogen and oxygen atoms in total. The fourth-order valence-corrected chi connectivity index (χ4v) is 6.12. The standard InChI is InChI=1S/C28H22Cl2N4O3S2/c1-17-14-23(28(35)33-39(36,37)13-12-19-6-4-3-5-7-19)32-27-26(17)31-18(2)34(27)16-21-9-8-20(15-22(21)29)24-10-11-25(30)38-24/h3-15H,16H2,1-2H3,(H,33,35). The van der Waals surface area contributed by atoms with Gasteiger partial charge in [0.1, 0.15) is 17.0 Å². The van der Waals surface area contributed by atoms with Crippen molar-refractivity contribution in [3.63, 3.8) is 0 Å². The van der Waals surface area contributed by atoms with Crippen molar-refractivity contribution < 1.29 is 13.2 Å². The molecule has 0 atom stereocenters. The molecule has 5 rings (SSSR count). The smallest absolute Gasteiger partial charge is 0.283 e. The normalized spacial score (nSPS) is 11.9. The summed E-state index contributed by atoms with van der Waals surface area (Å²) in [6.45, 7) is 4.01. The number of benzene rings is 2. The third-order valence-electron chi connectivity index (χ3n) is 6.03. The zero-order valence-corrected chi connectivity index (χ0v) is 24.0. The number of nitrogens with zero attached hydrogens (tertiary/aromatic N) is 3. The molecular formula is C28H22Cl2N4O3S2. The van der Waals surface area contributed by atoms with Gasteiger partial charge in [-0.25, -0.2) is 23.1 Å². The van der Waals surface area contributed by atoms with Crippen LogP contribution in [-0.4, -0.2) is 28.9 Å². The molecule has 39 heavy (non-hydrogen) atoms. The minimum absolute atomic E-state index is 0.0335. The molecule has 198 valence electrons. The van der Waals surface area contributed by atoms with Crippen LogP contribution in [0.25, 0.3) is 27.7 Å². The third-order valence-corrected chi connectivity index (χ3v) is 8.63. The first-order chi connectivity index (χ1) is 18.6. The van der Waals surface area contributed by atoms with Gasteiger partial charge < -0.3 is 4.57 Å². The van der Waals surface area contributed by atoms with Crippen molar-refractivity contribution in [2.45, 2.75) is 20.4 Å². The molecular weight excluding hydrogens is 575 g/mol. The second-order valence-corrected chi connectivity index (χ2v) is 12.5. The van der Waals surface area contributed by atoms with E-state index in [0.29, 0.717) is 44.0 Å². The van der Waals surface area contributed by atoms with Crippen LogP contribution in [0.2, 0.25) is 9.36 Å². The summed E-state index contributed by atoms with van der Waals surface area (Å²) in [5, 5.41) is 1.52. The number of aromatic nitrogens is 3. The van der Waals surface area contributed by atoms with Gasteiger partial charge in [-0.05, 0) is 66.4 Å². The largest absolute Gasteiger partial charge is 0.308 e. The summed E-state index contributed by atoms with van der Waals surface area (Å²) in [5.74, 6) is -0.151. The van der Waals surface area contributed by atoms with Crippen LogP contribution >= 0.6 is 34.5 Å². The van der Waals surface area contributed by atoms with Gasteiger partial charge in [0.05, 0.1) is 16.3 Å². The van der Waals surface area contributed by atoms with Crippen LogP contribution < -0.4 is 4.72 Å². The predicted octanol–water partition coefficient (Wildman–Crippen LogP) is 6.86. The second kappa shape index (κ2) is 10.9. The van der Waals surface area contributed by atoms with Crippen molar-refractivity contribution in [2.24, 2.45) is 0 Å². The highest BCUT2D eigenvalue weighted by atomic mass is 35.5. The Morgan fingerprint density at radius 2 is 1.79 bits per heavy atom. The highest BCUT2D eigenvalue weighted by molar-refractivity contribution is 7.93. The molecule has 3 heterocycles. The van der Waals surface area contributed by atoms with E-state index in [1.165, 1.54) is 23.5 Å². The number of amides is 1. The van der Waals surface area contributed by atoms with Gasteiger partial charge >= 0.3 is 0 Å². The van der Waals surface area contributed by atoms with Gasteiger partial charge in [0, 0.05) is 9.90 Å². The Kier molecular flexibility index (Phi) is 7.59. The number of aryl methyl sites for hydroxylation is 2. The maximum Gasteiger partial charge on any atom is 0.283 e. The maximum absolute atomic E-state index is 12.9. The zero-order chi connectivity index (χ0) is 27.7. The Hall–Kier alpha value is -3.50. The molecule has 0 aliphatic carbocycles. The molecule has 0 bridgehead atoms. The summed E-state index contributed by atoms with van der Waals surface area (Å²) in [5.41, 5.74) is 4.23. The van der Waals surface area contributed by atoms with Crippen LogP contribution in [0.15, 0.2) is 72.1 Å². The van der Waals surface area contributed by atoms with Crippen LogP contribution in [0.3, 0.4) is 0 Å². The van der Waals surface area contributed by atoms with Gasteiger partial charge in [-0.1, -0.05) is 65.7 Å². The number of nitrogens with one attached hydrogen (secondary N) is 1. The third kappa shape index (κ3) is 6.07. The van der Waals surface area contributed by atoms with Crippen LogP contribution in [0.4, 0.5) is 0 Å². The van der Waals surface area contributed by atoms with Crippen molar-refractivity contribution >= 4 is 67.7 Å². The molecule has 0 spiro atoms. The van der Waals surface area contributed by atoms with Gasteiger partial charge in [0.15, 0.2) is 5.65 Å². The van der Waals surface area contributed by atoms with E-state index >= 15 is 0 Å². The van der Waals surface area contributed by atoms with Crippen molar-refractivity contribution in [1.82, 2.24) is 19.3 Å². The van der Waals surface area contributed by atoms with Crippen molar-refractivity contribution in [1.29, 1.82) is 0 Å². The minimum Gasteiger partial charge on any atom is -0.308 e. The zero-order valence-electron chi connectivity index (χ0n) is 20.9. The van der Waals surface area contributed by atoms with E-state index in [1.807, 2.05) is 47.9 Å². The van der Waals surface area contributed by atoms with Crippen molar-refractivity contribution in [2.75, 3.05) is 0 Å². The number of rotatable bonds is 7. The summed E-state index contributed by atoms with van der Waals surface area (Å²) < 4.78 is 29.7. The number of carbonyl (C=O) groups excluding carboxylic acids is 1. The second-order valence-electron chi connectivity index (χ2n) is 8.84. The lowest BCUT2D eigenvalue weighted by Gasteiger charge is -2.11. The number of hydrogen-bond acceptors (Lipinski definition) is 6. The van der Waals surface area contributed by atoms with E-state index in [-0.39, 0.29) is 5.69 Å². The van der Waals surface area contributed by atoms with E-state index in [0.717, 1.165) is 21.4 Å². The van der Waals surface area contributed by atoms with Gasteiger partial charge in [-0.2, -0.15) is 0 Å². The topological polar surface area (TPSA) is 93.9 Å². The number of fused-ring (bicyclic) bond motifs is 1. The average molecular weight is 598 g/mol. The SMILES string of the molecule is Cc1cc(C(=O)NS(=O)(=O)C=Cc2ccccc2)nc2c1nc(C)n2Cc1ccc(-c2ccc(Cl)s2)cc1Cl. The van der Waals surface area contributed by atoms with E-state index in [9.17, 15) is 13.2 Å². The number of halogens is 2. The van der Waals surface area contributed by atoms with Crippen LogP contribution in [0, 0.1) is 13.8 Å². The van der Waals surface area contributed by atoms with Gasteiger partial charge in [-0.15, -0.1) is 11.3 Å². The summed E-state index contributed by atoms with van der Waals surface area (Å²) >= 11 is 14.2. The Morgan fingerprint density at radius 1 is 1.03 bits per heavy atom. The number of imidazole rings is 1. The van der Waals surface area contributed by atoms with Crippen molar-refractivity contribution in [3.05, 3.63) is 110 Å².